The minimum Gasteiger partial charge on any atom is -0.469 e. The number of ether oxygens (including phenoxy) is 2. The lowest BCUT2D eigenvalue weighted by Gasteiger charge is -1.96. The summed E-state index contributed by atoms with van der Waals surface area (Å²) in [4.78, 5) is 20.4. The first-order valence-corrected chi connectivity index (χ1v) is 4.38. The summed E-state index contributed by atoms with van der Waals surface area (Å²) in [6.07, 6.45) is 0.469. The van der Waals surface area contributed by atoms with Gasteiger partial charge in [-0.25, -0.2) is 4.79 Å². The van der Waals surface area contributed by atoms with Crippen molar-refractivity contribution in [3.05, 3.63) is 12.2 Å². The van der Waals surface area contributed by atoms with E-state index in [4.69, 9.17) is 0 Å². The zero-order chi connectivity index (χ0) is 11.6. The highest BCUT2D eigenvalue weighted by Gasteiger charge is 1.98. The Morgan fingerprint density at radius 3 is 1.86 bits per heavy atom. The molecular weight excluding hydrogens is 184 g/mol. The van der Waals surface area contributed by atoms with Crippen LogP contribution in [0.15, 0.2) is 12.2 Å². The largest absolute Gasteiger partial charge is 0.469 e. The van der Waals surface area contributed by atoms with Gasteiger partial charge in [-0.15, -0.1) is 0 Å². The van der Waals surface area contributed by atoms with Crippen molar-refractivity contribution >= 4 is 11.9 Å². The van der Waals surface area contributed by atoms with Crippen LogP contribution in [0.3, 0.4) is 0 Å². The molecule has 0 aromatic carbocycles. The summed E-state index contributed by atoms with van der Waals surface area (Å²) >= 11 is 0. The molecule has 0 aliphatic rings. The van der Waals surface area contributed by atoms with E-state index in [2.05, 4.69) is 16.1 Å². The molecule has 0 N–H and O–H groups in total. The lowest BCUT2D eigenvalue weighted by atomic mass is 10.4. The molecule has 0 amide bonds. The summed E-state index contributed by atoms with van der Waals surface area (Å²) in [7, 11) is 1.38. The van der Waals surface area contributed by atoms with Crippen LogP contribution in [0.25, 0.3) is 0 Å². The molecular formula is C10H18O4. The van der Waals surface area contributed by atoms with Gasteiger partial charge >= 0.3 is 11.9 Å². The van der Waals surface area contributed by atoms with Crippen molar-refractivity contribution in [2.45, 2.75) is 27.2 Å². The lowest BCUT2D eigenvalue weighted by molar-refractivity contribution is -0.140. The fourth-order valence-electron chi connectivity index (χ4n) is 0.399. The smallest absolute Gasteiger partial charge is 0.333 e. The molecule has 0 rings (SSSR count). The molecule has 4 nitrogen and oxygen atoms in total. The van der Waals surface area contributed by atoms with Gasteiger partial charge in [0.05, 0.1) is 13.7 Å². The summed E-state index contributed by atoms with van der Waals surface area (Å²) < 4.78 is 8.83. The van der Waals surface area contributed by atoms with E-state index in [1.807, 2.05) is 0 Å². The van der Waals surface area contributed by atoms with Crippen LogP contribution in [0.2, 0.25) is 0 Å². The molecule has 0 fully saturated rings. The van der Waals surface area contributed by atoms with Crippen molar-refractivity contribution in [3.8, 4) is 0 Å². The summed E-state index contributed by atoms with van der Waals surface area (Å²) in [5, 5.41) is 0. The Morgan fingerprint density at radius 1 is 1.29 bits per heavy atom. The zero-order valence-corrected chi connectivity index (χ0v) is 9.25. The summed E-state index contributed by atoms with van der Waals surface area (Å²) in [5.74, 6) is -0.470. The van der Waals surface area contributed by atoms with Crippen LogP contribution in [0.5, 0.6) is 0 Å². The Balaban J connectivity index is 0. The molecule has 0 unspecified atom stereocenters. The first-order chi connectivity index (χ1) is 6.49. The van der Waals surface area contributed by atoms with E-state index in [0.29, 0.717) is 18.6 Å². The van der Waals surface area contributed by atoms with Gasteiger partial charge < -0.3 is 9.47 Å². The van der Waals surface area contributed by atoms with Gasteiger partial charge in [-0.1, -0.05) is 13.5 Å². The Bertz CT molecular complexity index is 190. The van der Waals surface area contributed by atoms with Crippen LogP contribution in [0, 0.1) is 0 Å². The first kappa shape index (κ1) is 15.2. The minimum atomic E-state index is -0.312. The average Bonchev–Trinajstić information content (AvgIpc) is 2.18. The quantitative estimate of drug-likeness (QED) is 0.516. The Morgan fingerprint density at radius 2 is 1.79 bits per heavy atom. The summed E-state index contributed by atoms with van der Waals surface area (Å²) in [5.41, 5.74) is 0.451. The van der Waals surface area contributed by atoms with E-state index in [1.165, 1.54) is 7.11 Å². The normalized spacial score (nSPS) is 8.00. The topological polar surface area (TPSA) is 52.6 Å². The zero-order valence-electron chi connectivity index (χ0n) is 9.25. The molecule has 0 aliphatic carbocycles. The Hall–Kier alpha value is -1.32. The SMILES string of the molecule is C=C(C)C(=O)OCC.CCC(=O)OC. The van der Waals surface area contributed by atoms with Gasteiger partial charge in [0.1, 0.15) is 0 Å². The second-order valence-corrected chi connectivity index (χ2v) is 2.43. The van der Waals surface area contributed by atoms with E-state index in [-0.39, 0.29) is 11.9 Å². The van der Waals surface area contributed by atoms with Crippen molar-refractivity contribution < 1.29 is 19.1 Å². The van der Waals surface area contributed by atoms with Crippen molar-refractivity contribution in [1.82, 2.24) is 0 Å². The molecule has 0 aliphatic heterocycles. The molecule has 0 bridgehead atoms. The van der Waals surface area contributed by atoms with Crippen LogP contribution in [0.4, 0.5) is 0 Å². The number of carbonyl (C=O) groups is 2. The van der Waals surface area contributed by atoms with Gasteiger partial charge in [-0.3, -0.25) is 4.79 Å². The highest BCUT2D eigenvalue weighted by molar-refractivity contribution is 5.86. The molecule has 4 heteroatoms. The van der Waals surface area contributed by atoms with E-state index in [1.54, 1.807) is 20.8 Å². The molecule has 0 spiro atoms. The second kappa shape index (κ2) is 9.77. The monoisotopic (exact) mass is 202 g/mol. The number of rotatable bonds is 3. The highest BCUT2D eigenvalue weighted by atomic mass is 16.5. The predicted molar refractivity (Wildman–Crippen MR) is 53.8 cm³/mol. The van der Waals surface area contributed by atoms with Gasteiger partial charge in [0.15, 0.2) is 0 Å². The Labute approximate surface area is 84.9 Å². The number of carbonyl (C=O) groups excluding carboxylic acids is 2. The number of methoxy groups -OCH3 is 1. The fourth-order valence-corrected chi connectivity index (χ4v) is 0.399. The molecule has 0 saturated heterocycles. The molecule has 14 heavy (non-hydrogen) atoms. The molecule has 0 saturated carbocycles. The molecule has 0 heterocycles. The van der Waals surface area contributed by atoms with Gasteiger partial charge in [-0.2, -0.15) is 0 Å². The second-order valence-electron chi connectivity index (χ2n) is 2.43. The van der Waals surface area contributed by atoms with Crippen molar-refractivity contribution in [1.29, 1.82) is 0 Å². The van der Waals surface area contributed by atoms with Crippen LogP contribution < -0.4 is 0 Å². The third-order valence-corrected chi connectivity index (χ3v) is 1.14. The van der Waals surface area contributed by atoms with Crippen LogP contribution in [-0.4, -0.2) is 25.7 Å². The van der Waals surface area contributed by atoms with Crippen molar-refractivity contribution in [2.75, 3.05) is 13.7 Å². The van der Waals surface area contributed by atoms with Crippen LogP contribution >= 0.6 is 0 Å². The maximum Gasteiger partial charge on any atom is 0.333 e. The molecule has 0 atom stereocenters. The summed E-state index contributed by atoms with van der Waals surface area (Å²) in [6, 6.07) is 0. The maximum atomic E-state index is 10.4. The number of hydrogen-bond acceptors (Lipinski definition) is 4. The molecule has 0 radical (unpaired) electrons. The number of hydrogen-bond donors (Lipinski definition) is 0. The molecule has 82 valence electrons. The maximum absolute atomic E-state index is 10.4. The fraction of sp³-hybridized carbons (Fsp3) is 0.600. The highest BCUT2D eigenvalue weighted by Crippen LogP contribution is 1.89. The Kier molecular flexibility index (Phi) is 10.6. The van der Waals surface area contributed by atoms with Gasteiger partial charge in [-0.05, 0) is 13.8 Å². The molecule has 0 aromatic rings. The third kappa shape index (κ3) is 10.7. The van der Waals surface area contributed by atoms with E-state index >= 15 is 0 Å². The lowest BCUT2D eigenvalue weighted by Crippen LogP contribution is -2.03. The standard InChI is InChI=1S/C6H10O2.C4H8O2/c1-4-8-6(7)5(2)3;1-3-4(5)6-2/h2,4H2,1,3H3;3H2,1-2H3. The van der Waals surface area contributed by atoms with Crippen LogP contribution in [0.1, 0.15) is 27.2 Å². The van der Waals surface area contributed by atoms with E-state index < -0.39 is 0 Å². The van der Waals surface area contributed by atoms with E-state index in [0.717, 1.165) is 0 Å². The third-order valence-electron chi connectivity index (χ3n) is 1.14. The first-order valence-electron chi connectivity index (χ1n) is 4.38. The van der Waals surface area contributed by atoms with Crippen molar-refractivity contribution in [3.63, 3.8) is 0 Å². The van der Waals surface area contributed by atoms with Gasteiger partial charge in [0, 0.05) is 12.0 Å². The number of esters is 2. The average molecular weight is 202 g/mol. The predicted octanol–water partition coefficient (Wildman–Crippen LogP) is 1.70. The van der Waals surface area contributed by atoms with Crippen LogP contribution in [-0.2, 0) is 19.1 Å². The van der Waals surface area contributed by atoms with E-state index in [9.17, 15) is 9.59 Å². The van der Waals surface area contributed by atoms with Crippen molar-refractivity contribution in [2.24, 2.45) is 0 Å². The summed E-state index contributed by atoms with van der Waals surface area (Å²) in [6.45, 7) is 8.96. The van der Waals surface area contributed by atoms with Gasteiger partial charge in [0.2, 0.25) is 0 Å². The minimum absolute atomic E-state index is 0.157. The molecule has 0 aromatic heterocycles. The van der Waals surface area contributed by atoms with Gasteiger partial charge in [0.25, 0.3) is 0 Å².